The number of rotatable bonds is 5. The van der Waals surface area contributed by atoms with Crippen molar-refractivity contribution in [2.24, 2.45) is 29.6 Å². The molecular weight excluding hydrogens is 258 g/mol. The number of fused-ring (bicyclic) bond motifs is 1. The molecule has 5 heteroatoms. The van der Waals surface area contributed by atoms with Crippen molar-refractivity contribution in [3.8, 4) is 0 Å². The molecule has 0 aromatic rings. The number of carboxylic acids is 1. The number of likely N-dealkylation sites (tertiary alicyclic amines) is 1. The van der Waals surface area contributed by atoms with Gasteiger partial charge in [-0.3, -0.25) is 19.3 Å². The molecule has 1 heterocycles. The monoisotopic (exact) mass is 281 g/mol. The smallest absolute Gasteiger partial charge is 0.308 e. The quantitative estimate of drug-likeness (QED) is 0.779. The van der Waals surface area contributed by atoms with Gasteiger partial charge in [0.25, 0.3) is 0 Å². The zero-order chi connectivity index (χ0) is 15.0. The lowest BCUT2D eigenvalue weighted by Gasteiger charge is -2.22. The summed E-state index contributed by atoms with van der Waals surface area (Å²) in [7, 11) is 0. The van der Waals surface area contributed by atoms with Gasteiger partial charge < -0.3 is 5.11 Å². The SMILES string of the molecule is CC(C)CC(CN1C(=O)C2CC(C)CC2C1=O)C(=O)O. The highest BCUT2D eigenvalue weighted by molar-refractivity contribution is 6.05. The summed E-state index contributed by atoms with van der Waals surface area (Å²) in [6.07, 6.45) is 2.00. The number of nitrogens with zero attached hydrogens (tertiary/aromatic N) is 1. The van der Waals surface area contributed by atoms with E-state index in [1.165, 1.54) is 4.90 Å². The molecule has 0 bridgehead atoms. The molecule has 1 aliphatic carbocycles. The Kier molecular flexibility index (Phi) is 4.16. The van der Waals surface area contributed by atoms with E-state index in [0.717, 1.165) is 12.8 Å². The highest BCUT2D eigenvalue weighted by atomic mass is 16.4. The van der Waals surface area contributed by atoms with Gasteiger partial charge in [-0.1, -0.05) is 20.8 Å². The van der Waals surface area contributed by atoms with Gasteiger partial charge in [-0.15, -0.1) is 0 Å². The van der Waals surface area contributed by atoms with E-state index in [4.69, 9.17) is 0 Å². The van der Waals surface area contributed by atoms with Gasteiger partial charge in [0.2, 0.25) is 11.8 Å². The molecule has 5 nitrogen and oxygen atoms in total. The fraction of sp³-hybridized carbons (Fsp3) is 0.800. The van der Waals surface area contributed by atoms with Crippen LogP contribution in [0.2, 0.25) is 0 Å². The predicted molar refractivity (Wildman–Crippen MR) is 72.7 cm³/mol. The van der Waals surface area contributed by atoms with Crippen molar-refractivity contribution in [2.45, 2.75) is 40.0 Å². The third-order valence-corrected chi connectivity index (χ3v) is 4.47. The van der Waals surface area contributed by atoms with Crippen LogP contribution in [0, 0.1) is 29.6 Å². The van der Waals surface area contributed by atoms with Crippen molar-refractivity contribution in [1.29, 1.82) is 0 Å². The first kappa shape index (κ1) is 15.0. The molecule has 2 aliphatic rings. The van der Waals surface area contributed by atoms with E-state index in [-0.39, 0.29) is 36.1 Å². The Hall–Kier alpha value is -1.39. The van der Waals surface area contributed by atoms with Crippen LogP contribution in [0.3, 0.4) is 0 Å². The van der Waals surface area contributed by atoms with Crippen LogP contribution in [0.15, 0.2) is 0 Å². The first-order chi connectivity index (χ1) is 9.31. The van der Waals surface area contributed by atoms with Gasteiger partial charge in [-0.25, -0.2) is 0 Å². The largest absolute Gasteiger partial charge is 0.481 e. The summed E-state index contributed by atoms with van der Waals surface area (Å²) in [6, 6.07) is 0. The van der Waals surface area contributed by atoms with Crippen molar-refractivity contribution < 1.29 is 19.5 Å². The highest BCUT2D eigenvalue weighted by Gasteiger charge is 2.52. The first-order valence-electron chi connectivity index (χ1n) is 7.39. The Bertz CT molecular complexity index is 408. The number of aliphatic carboxylic acids is 1. The molecule has 2 rings (SSSR count). The van der Waals surface area contributed by atoms with E-state index in [1.807, 2.05) is 13.8 Å². The molecule has 1 N–H and O–H groups in total. The molecule has 0 aromatic carbocycles. The topological polar surface area (TPSA) is 74.7 Å². The lowest BCUT2D eigenvalue weighted by atomic mass is 9.96. The summed E-state index contributed by atoms with van der Waals surface area (Å²) in [4.78, 5) is 37.1. The van der Waals surface area contributed by atoms with Crippen LogP contribution in [-0.2, 0) is 14.4 Å². The lowest BCUT2D eigenvalue weighted by Crippen LogP contribution is -2.39. The van der Waals surface area contributed by atoms with Crippen LogP contribution < -0.4 is 0 Å². The summed E-state index contributed by atoms with van der Waals surface area (Å²) in [5.41, 5.74) is 0. The Balaban J connectivity index is 2.08. The van der Waals surface area contributed by atoms with Gasteiger partial charge in [0, 0.05) is 6.54 Å². The van der Waals surface area contributed by atoms with Crippen molar-refractivity contribution in [1.82, 2.24) is 4.90 Å². The van der Waals surface area contributed by atoms with Gasteiger partial charge in [0.05, 0.1) is 17.8 Å². The molecule has 20 heavy (non-hydrogen) atoms. The molecule has 3 unspecified atom stereocenters. The Morgan fingerprint density at radius 3 is 2.15 bits per heavy atom. The molecule has 1 saturated carbocycles. The van der Waals surface area contributed by atoms with E-state index in [0.29, 0.717) is 12.3 Å². The molecule has 1 saturated heterocycles. The number of hydrogen-bond acceptors (Lipinski definition) is 3. The van der Waals surface area contributed by atoms with E-state index in [2.05, 4.69) is 6.92 Å². The highest BCUT2D eigenvalue weighted by Crippen LogP contribution is 2.43. The maximum Gasteiger partial charge on any atom is 0.308 e. The minimum Gasteiger partial charge on any atom is -0.481 e. The van der Waals surface area contributed by atoms with Gasteiger partial charge in [0.15, 0.2) is 0 Å². The number of hydrogen-bond donors (Lipinski definition) is 1. The van der Waals surface area contributed by atoms with Crippen LogP contribution >= 0.6 is 0 Å². The normalized spacial score (nSPS) is 31.0. The molecule has 2 amide bonds. The summed E-state index contributed by atoms with van der Waals surface area (Å²) in [5.74, 6) is -1.66. The average molecular weight is 281 g/mol. The molecule has 0 aromatic heterocycles. The summed E-state index contributed by atoms with van der Waals surface area (Å²) in [6.45, 7) is 5.98. The second kappa shape index (κ2) is 5.54. The standard InChI is InChI=1S/C15H23NO4/c1-8(2)4-10(15(19)20)7-16-13(17)11-5-9(3)6-12(11)14(16)18/h8-12H,4-7H2,1-3H3,(H,19,20). The number of carboxylic acid groups (broad SMARTS) is 1. The summed E-state index contributed by atoms with van der Waals surface area (Å²) >= 11 is 0. The number of amides is 2. The lowest BCUT2D eigenvalue weighted by molar-refractivity contribution is -0.146. The second-order valence-electron chi connectivity index (χ2n) is 6.74. The molecular formula is C15H23NO4. The van der Waals surface area contributed by atoms with E-state index in [1.54, 1.807) is 0 Å². The second-order valence-corrected chi connectivity index (χ2v) is 6.74. The van der Waals surface area contributed by atoms with Gasteiger partial charge in [0.1, 0.15) is 0 Å². The fourth-order valence-corrected chi connectivity index (χ4v) is 3.57. The van der Waals surface area contributed by atoms with Crippen LogP contribution in [0.25, 0.3) is 0 Å². The summed E-state index contributed by atoms with van der Waals surface area (Å²) < 4.78 is 0. The number of carbonyl (C=O) groups is 3. The van der Waals surface area contributed by atoms with Crippen LogP contribution in [0.1, 0.15) is 40.0 Å². The molecule has 112 valence electrons. The Morgan fingerprint density at radius 1 is 1.25 bits per heavy atom. The van der Waals surface area contributed by atoms with Crippen molar-refractivity contribution in [2.75, 3.05) is 6.54 Å². The maximum absolute atomic E-state index is 12.3. The molecule has 3 atom stereocenters. The minimum atomic E-state index is -0.926. The van der Waals surface area contributed by atoms with E-state index in [9.17, 15) is 19.5 Å². The first-order valence-corrected chi connectivity index (χ1v) is 7.39. The Morgan fingerprint density at radius 2 is 1.75 bits per heavy atom. The van der Waals surface area contributed by atoms with Gasteiger partial charge in [-0.2, -0.15) is 0 Å². The zero-order valence-electron chi connectivity index (χ0n) is 12.3. The fourth-order valence-electron chi connectivity index (χ4n) is 3.57. The van der Waals surface area contributed by atoms with E-state index >= 15 is 0 Å². The molecule has 2 fully saturated rings. The van der Waals surface area contributed by atoms with Crippen LogP contribution in [-0.4, -0.2) is 34.3 Å². The van der Waals surface area contributed by atoms with Crippen LogP contribution in [0.4, 0.5) is 0 Å². The zero-order valence-corrected chi connectivity index (χ0v) is 12.3. The van der Waals surface area contributed by atoms with Crippen molar-refractivity contribution in [3.05, 3.63) is 0 Å². The van der Waals surface area contributed by atoms with Crippen LogP contribution in [0.5, 0.6) is 0 Å². The number of carbonyl (C=O) groups excluding carboxylic acids is 2. The molecule has 0 spiro atoms. The average Bonchev–Trinajstić information content (AvgIpc) is 2.81. The third-order valence-electron chi connectivity index (χ3n) is 4.47. The van der Waals surface area contributed by atoms with E-state index < -0.39 is 11.9 Å². The molecule has 0 radical (unpaired) electrons. The van der Waals surface area contributed by atoms with Crippen molar-refractivity contribution in [3.63, 3.8) is 0 Å². The summed E-state index contributed by atoms with van der Waals surface area (Å²) in [5, 5.41) is 9.25. The Labute approximate surface area is 119 Å². The maximum atomic E-state index is 12.3. The number of imide groups is 1. The predicted octanol–water partition coefficient (Wildman–Crippen LogP) is 1.76. The third kappa shape index (κ3) is 2.72. The van der Waals surface area contributed by atoms with Gasteiger partial charge >= 0.3 is 5.97 Å². The molecule has 1 aliphatic heterocycles. The van der Waals surface area contributed by atoms with Gasteiger partial charge in [-0.05, 0) is 31.1 Å². The minimum absolute atomic E-state index is 0.0343. The van der Waals surface area contributed by atoms with Crippen molar-refractivity contribution >= 4 is 17.8 Å².